The number of fused-ring (bicyclic) bond motifs is 4. The van der Waals surface area contributed by atoms with Gasteiger partial charge in [-0.2, -0.15) is 0 Å². The third-order valence-electron chi connectivity index (χ3n) is 8.37. The summed E-state index contributed by atoms with van der Waals surface area (Å²) in [5.74, 6) is 0.675. The van der Waals surface area contributed by atoms with Crippen molar-refractivity contribution < 1.29 is 4.42 Å². The molecule has 0 aliphatic rings. The van der Waals surface area contributed by atoms with Gasteiger partial charge in [0.15, 0.2) is 11.4 Å². The Labute approximate surface area is 260 Å². The topological polar surface area (TPSA) is 43.9 Å². The van der Waals surface area contributed by atoms with Crippen molar-refractivity contribution in [3.63, 3.8) is 0 Å². The van der Waals surface area contributed by atoms with Gasteiger partial charge in [-0.15, -0.1) is 0 Å². The second kappa shape index (κ2) is 10.9. The quantitative estimate of drug-likeness (QED) is 0.204. The largest absolute Gasteiger partial charge is 0.452 e. The standard InChI is InChI=1S/C41H29N3O/c1-3-13-35-32(4-2)33-18-11-12-19-36(33)44(35)31-23-20-27(21-24-31)30-22-25-37-34(26-30)39-40(45-37)38(28-14-7-5-8-15-28)42-41(43-39)29-16-9-6-10-17-29/h3-26H,1H2,2H3/b32-4-,35-13+. The van der Waals surface area contributed by atoms with Crippen LogP contribution in [-0.4, -0.2) is 14.5 Å². The van der Waals surface area contributed by atoms with Crippen LogP contribution in [0.25, 0.3) is 84.6 Å². The molecular weight excluding hydrogens is 550 g/mol. The Morgan fingerprint density at radius 3 is 2.09 bits per heavy atom. The summed E-state index contributed by atoms with van der Waals surface area (Å²) in [5, 5.41) is 4.52. The minimum atomic E-state index is 0.675. The smallest absolute Gasteiger partial charge is 0.180 e. The van der Waals surface area contributed by atoms with E-state index in [2.05, 4.69) is 103 Å². The summed E-state index contributed by atoms with van der Waals surface area (Å²) >= 11 is 0. The second-order valence-corrected chi connectivity index (χ2v) is 11.0. The van der Waals surface area contributed by atoms with Gasteiger partial charge >= 0.3 is 0 Å². The molecule has 0 saturated heterocycles. The van der Waals surface area contributed by atoms with Crippen LogP contribution in [0, 0.1) is 0 Å². The first-order valence-corrected chi connectivity index (χ1v) is 15.1. The molecule has 0 radical (unpaired) electrons. The molecule has 45 heavy (non-hydrogen) atoms. The van der Waals surface area contributed by atoms with Crippen molar-refractivity contribution in [1.82, 2.24) is 14.5 Å². The molecule has 0 saturated carbocycles. The molecule has 0 N–H and O–H groups in total. The number of benzene rings is 5. The van der Waals surface area contributed by atoms with E-state index in [0.29, 0.717) is 11.4 Å². The first-order chi connectivity index (χ1) is 22.2. The first kappa shape index (κ1) is 26.6. The van der Waals surface area contributed by atoms with E-state index < -0.39 is 0 Å². The van der Waals surface area contributed by atoms with Gasteiger partial charge in [-0.05, 0) is 54.5 Å². The minimum absolute atomic E-state index is 0.675. The normalized spacial score (nSPS) is 12.5. The number of furan rings is 1. The summed E-state index contributed by atoms with van der Waals surface area (Å²) in [4.78, 5) is 10.0. The molecular formula is C41H29N3O. The Hall–Kier alpha value is -6.00. The molecule has 4 heteroatoms. The number of para-hydroxylation sites is 1. The maximum Gasteiger partial charge on any atom is 0.180 e. The van der Waals surface area contributed by atoms with E-state index in [9.17, 15) is 0 Å². The van der Waals surface area contributed by atoms with Gasteiger partial charge in [0.05, 0.1) is 10.9 Å². The Balaban J connectivity index is 1.28. The van der Waals surface area contributed by atoms with E-state index in [0.717, 1.165) is 55.5 Å². The van der Waals surface area contributed by atoms with E-state index in [4.69, 9.17) is 14.4 Å². The zero-order chi connectivity index (χ0) is 30.3. The molecule has 8 rings (SSSR count). The van der Waals surface area contributed by atoms with E-state index in [1.165, 1.54) is 16.1 Å². The first-order valence-electron chi connectivity index (χ1n) is 15.1. The van der Waals surface area contributed by atoms with E-state index in [-0.39, 0.29) is 0 Å². The van der Waals surface area contributed by atoms with Gasteiger partial charge < -0.3 is 8.98 Å². The molecule has 0 fully saturated rings. The molecule has 0 atom stereocenters. The Morgan fingerprint density at radius 2 is 1.36 bits per heavy atom. The van der Waals surface area contributed by atoms with Crippen LogP contribution in [0.5, 0.6) is 0 Å². The number of allylic oxidation sites excluding steroid dienone is 1. The van der Waals surface area contributed by atoms with Gasteiger partial charge in [-0.25, -0.2) is 9.97 Å². The van der Waals surface area contributed by atoms with Gasteiger partial charge in [0.1, 0.15) is 16.8 Å². The Kier molecular flexibility index (Phi) is 6.46. The van der Waals surface area contributed by atoms with Gasteiger partial charge in [0.2, 0.25) is 0 Å². The number of hydrogen-bond donors (Lipinski definition) is 0. The molecule has 3 heterocycles. The fraction of sp³-hybridized carbons (Fsp3) is 0.0244. The number of hydrogen-bond acceptors (Lipinski definition) is 3. The Bertz CT molecular complexity index is 2490. The summed E-state index contributed by atoms with van der Waals surface area (Å²) in [6.45, 7) is 6.06. The zero-order valence-electron chi connectivity index (χ0n) is 24.8. The number of aromatic nitrogens is 3. The third kappa shape index (κ3) is 4.47. The lowest BCUT2D eigenvalue weighted by Gasteiger charge is -2.09. The van der Waals surface area contributed by atoms with Crippen molar-refractivity contribution in [1.29, 1.82) is 0 Å². The summed E-state index contributed by atoms with van der Waals surface area (Å²) in [6.07, 6.45) is 6.10. The van der Waals surface area contributed by atoms with Gasteiger partial charge in [0, 0.05) is 32.8 Å². The number of rotatable bonds is 5. The molecule has 0 aliphatic heterocycles. The lowest BCUT2D eigenvalue weighted by Crippen LogP contribution is -2.27. The minimum Gasteiger partial charge on any atom is -0.452 e. The SMILES string of the molecule is C=C/C=c1\c(=C/C)c2ccccc2n1-c1ccc(-c2ccc3oc4c(-c5ccccc5)nc(-c5ccccc5)nc4c3c2)cc1. The molecule has 0 bridgehead atoms. The maximum absolute atomic E-state index is 6.44. The van der Waals surface area contributed by atoms with Crippen LogP contribution in [0.4, 0.5) is 0 Å². The van der Waals surface area contributed by atoms with Crippen molar-refractivity contribution in [2.45, 2.75) is 6.92 Å². The molecule has 214 valence electrons. The predicted octanol–water partition coefficient (Wildman–Crippen LogP) is 9.09. The van der Waals surface area contributed by atoms with Crippen LogP contribution in [-0.2, 0) is 0 Å². The van der Waals surface area contributed by atoms with Crippen molar-refractivity contribution in [3.8, 4) is 39.5 Å². The van der Waals surface area contributed by atoms with Crippen molar-refractivity contribution >= 4 is 45.1 Å². The van der Waals surface area contributed by atoms with Crippen LogP contribution in [0.1, 0.15) is 6.92 Å². The zero-order valence-corrected chi connectivity index (χ0v) is 24.8. The van der Waals surface area contributed by atoms with Gasteiger partial charge in [-0.1, -0.05) is 116 Å². The third-order valence-corrected chi connectivity index (χ3v) is 8.37. The second-order valence-electron chi connectivity index (χ2n) is 11.0. The molecule has 8 aromatic rings. The van der Waals surface area contributed by atoms with Crippen LogP contribution in [0.2, 0.25) is 0 Å². The molecule has 0 amide bonds. The fourth-order valence-electron chi connectivity index (χ4n) is 6.28. The van der Waals surface area contributed by atoms with E-state index in [1.54, 1.807) is 0 Å². The Morgan fingerprint density at radius 1 is 0.667 bits per heavy atom. The van der Waals surface area contributed by atoms with Crippen LogP contribution in [0.3, 0.4) is 0 Å². The highest BCUT2D eigenvalue weighted by molar-refractivity contribution is 6.08. The molecule has 4 nitrogen and oxygen atoms in total. The number of nitrogens with zero attached hydrogens (tertiary/aromatic N) is 3. The molecule has 0 unspecified atom stereocenters. The van der Waals surface area contributed by atoms with E-state index >= 15 is 0 Å². The summed E-state index contributed by atoms with van der Waals surface area (Å²) in [5.41, 5.74) is 9.50. The monoisotopic (exact) mass is 579 g/mol. The van der Waals surface area contributed by atoms with Gasteiger partial charge in [0.25, 0.3) is 0 Å². The van der Waals surface area contributed by atoms with Gasteiger partial charge in [-0.3, -0.25) is 0 Å². The van der Waals surface area contributed by atoms with Crippen LogP contribution >= 0.6 is 0 Å². The van der Waals surface area contributed by atoms with Crippen LogP contribution in [0.15, 0.2) is 144 Å². The average Bonchev–Trinajstić information content (AvgIpc) is 3.63. The molecule has 0 aliphatic carbocycles. The molecule has 5 aromatic carbocycles. The van der Waals surface area contributed by atoms with Crippen LogP contribution < -0.4 is 10.6 Å². The van der Waals surface area contributed by atoms with Crippen molar-refractivity contribution in [2.75, 3.05) is 0 Å². The fourth-order valence-corrected chi connectivity index (χ4v) is 6.28. The predicted molar refractivity (Wildman–Crippen MR) is 187 cm³/mol. The lowest BCUT2D eigenvalue weighted by atomic mass is 10.0. The summed E-state index contributed by atoms with van der Waals surface area (Å²) in [6, 6.07) is 43.9. The van der Waals surface area contributed by atoms with E-state index in [1.807, 2.05) is 60.7 Å². The van der Waals surface area contributed by atoms with Crippen molar-refractivity contribution in [3.05, 3.63) is 151 Å². The highest BCUT2D eigenvalue weighted by Crippen LogP contribution is 2.37. The highest BCUT2D eigenvalue weighted by atomic mass is 16.3. The summed E-state index contributed by atoms with van der Waals surface area (Å²) < 4.78 is 8.75. The summed E-state index contributed by atoms with van der Waals surface area (Å²) in [7, 11) is 0. The molecule has 0 spiro atoms. The molecule has 3 aromatic heterocycles. The van der Waals surface area contributed by atoms with Crippen molar-refractivity contribution in [2.24, 2.45) is 0 Å². The maximum atomic E-state index is 6.44. The highest BCUT2D eigenvalue weighted by Gasteiger charge is 2.19. The average molecular weight is 580 g/mol. The lowest BCUT2D eigenvalue weighted by molar-refractivity contribution is 0.667.